The summed E-state index contributed by atoms with van der Waals surface area (Å²) in [6.45, 7) is 0.453. The Bertz CT molecular complexity index is 511. The molecule has 0 spiro atoms. The zero-order chi connectivity index (χ0) is 11.5. The highest BCUT2D eigenvalue weighted by Gasteiger charge is 2.08. The van der Waals surface area contributed by atoms with Gasteiger partial charge < -0.3 is 5.73 Å². The van der Waals surface area contributed by atoms with Crippen LogP contribution < -0.4 is 5.73 Å². The van der Waals surface area contributed by atoms with Crippen LogP contribution in [-0.2, 0) is 6.54 Å². The molecule has 0 radical (unpaired) electrons. The van der Waals surface area contributed by atoms with Gasteiger partial charge in [-0.3, -0.25) is 0 Å². The Hall–Kier alpha value is -1.19. The van der Waals surface area contributed by atoms with Crippen LogP contribution in [0.1, 0.15) is 5.56 Å². The number of nitrogens with two attached hydrogens (primary N) is 1. The highest BCUT2D eigenvalue weighted by molar-refractivity contribution is 9.10. The molecule has 0 amide bonds. The van der Waals surface area contributed by atoms with Crippen LogP contribution in [0.2, 0.25) is 0 Å². The Kier molecular flexibility index (Phi) is 3.36. The average Bonchev–Trinajstić information content (AvgIpc) is 2.31. The molecule has 0 atom stereocenters. The van der Waals surface area contributed by atoms with Gasteiger partial charge in [-0.05, 0) is 29.3 Å². The molecule has 0 unspecified atom stereocenters. The van der Waals surface area contributed by atoms with Crippen molar-refractivity contribution >= 4 is 15.9 Å². The molecule has 2 rings (SSSR count). The number of benzene rings is 2. The van der Waals surface area contributed by atoms with E-state index < -0.39 is 0 Å². The van der Waals surface area contributed by atoms with Crippen LogP contribution in [0.15, 0.2) is 46.9 Å². The van der Waals surface area contributed by atoms with E-state index in [2.05, 4.69) is 15.9 Å². The van der Waals surface area contributed by atoms with E-state index in [4.69, 9.17) is 5.73 Å². The van der Waals surface area contributed by atoms with E-state index in [0.29, 0.717) is 12.1 Å². The topological polar surface area (TPSA) is 26.0 Å². The first kappa shape index (κ1) is 11.3. The van der Waals surface area contributed by atoms with E-state index in [1.807, 2.05) is 24.3 Å². The van der Waals surface area contributed by atoms with Crippen molar-refractivity contribution < 1.29 is 4.39 Å². The third kappa shape index (κ3) is 2.15. The molecule has 0 heterocycles. The fraction of sp³-hybridized carbons (Fsp3) is 0.0769. The second-order valence-electron chi connectivity index (χ2n) is 3.50. The summed E-state index contributed by atoms with van der Waals surface area (Å²) in [4.78, 5) is 0. The second-order valence-corrected chi connectivity index (χ2v) is 4.35. The highest BCUT2D eigenvalue weighted by atomic mass is 79.9. The van der Waals surface area contributed by atoms with Crippen LogP contribution in [0.3, 0.4) is 0 Å². The predicted molar refractivity (Wildman–Crippen MR) is 67.4 cm³/mol. The molecular formula is C13H11BrFN. The Morgan fingerprint density at radius 3 is 2.50 bits per heavy atom. The number of hydrogen-bond donors (Lipinski definition) is 1. The SMILES string of the molecule is NCc1ccc(Br)c(-c2ccccc2F)c1. The van der Waals surface area contributed by atoms with E-state index in [0.717, 1.165) is 15.6 Å². The zero-order valence-electron chi connectivity index (χ0n) is 8.58. The highest BCUT2D eigenvalue weighted by Crippen LogP contribution is 2.30. The van der Waals surface area contributed by atoms with Crippen molar-refractivity contribution in [2.24, 2.45) is 5.73 Å². The minimum Gasteiger partial charge on any atom is -0.326 e. The van der Waals surface area contributed by atoms with Gasteiger partial charge in [-0.25, -0.2) is 4.39 Å². The molecule has 2 N–H and O–H groups in total. The van der Waals surface area contributed by atoms with Gasteiger partial charge in [0.2, 0.25) is 0 Å². The third-order valence-corrected chi connectivity index (χ3v) is 3.12. The predicted octanol–water partition coefficient (Wildman–Crippen LogP) is 3.71. The molecule has 2 aromatic carbocycles. The lowest BCUT2D eigenvalue weighted by Crippen LogP contribution is -1.96. The largest absolute Gasteiger partial charge is 0.326 e. The van der Waals surface area contributed by atoms with Crippen molar-refractivity contribution in [3.8, 4) is 11.1 Å². The Labute approximate surface area is 102 Å². The molecule has 2 aromatic rings. The fourth-order valence-corrected chi connectivity index (χ4v) is 2.05. The molecule has 0 fully saturated rings. The molecule has 0 aliphatic rings. The zero-order valence-corrected chi connectivity index (χ0v) is 10.2. The lowest BCUT2D eigenvalue weighted by molar-refractivity contribution is 0.631. The second kappa shape index (κ2) is 4.76. The average molecular weight is 280 g/mol. The van der Waals surface area contributed by atoms with Crippen molar-refractivity contribution in [3.05, 3.63) is 58.3 Å². The Balaban J connectivity index is 2.59. The first-order valence-electron chi connectivity index (χ1n) is 4.96. The lowest BCUT2D eigenvalue weighted by Gasteiger charge is -2.08. The van der Waals surface area contributed by atoms with Gasteiger partial charge in [0.15, 0.2) is 0 Å². The molecule has 0 bridgehead atoms. The van der Waals surface area contributed by atoms with Gasteiger partial charge in [0, 0.05) is 16.6 Å². The van der Waals surface area contributed by atoms with E-state index in [9.17, 15) is 4.39 Å². The summed E-state index contributed by atoms with van der Waals surface area (Å²) in [6, 6.07) is 12.4. The molecular weight excluding hydrogens is 269 g/mol. The van der Waals surface area contributed by atoms with E-state index in [-0.39, 0.29) is 5.82 Å². The summed E-state index contributed by atoms with van der Waals surface area (Å²) < 4.78 is 14.5. The van der Waals surface area contributed by atoms with Crippen molar-refractivity contribution in [3.63, 3.8) is 0 Å². The van der Waals surface area contributed by atoms with Gasteiger partial charge in [0.25, 0.3) is 0 Å². The fourth-order valence-electron chi connectivity index (χ4n) is 1.59. The summed E-state index contributed by atoms with van der Waals surface area (Å²) >= 11 is 3.42. The van der Waals surface area contributed by atoms with Crippen LogP contribution in [0.5, 0.6) is 0 Å². The summed E-state index contributed by atoms with van der Waals surface area (Å²) in [5.74, 6) is -0.225. The first-order chi connectivity index (χ1) is 7.72. The maximum atomic E-state index is 13.6. The van der Waals surface area contributed by atoms with Crippen molar-refractivity contribution in [1.82, 2.24) is 0 Å². The molecule has 16 heavy (non-hydrogen) atoms. The maximum absolute atomic E-state index is 13.6. The number of hydrogen-bond acceptors (Lipinski definition) is 1. The quantitative estimate of drug-likeness (QED) is 0.891. The molecule has 3 heteroatoms. The Morgan fingerprint density at radius 1 is 1.06 bits per heavy atom. The van der Waals surface area contributed by atoms with Crippen LogP contribution >= 0.6 is 15.9 Å². The smallest absolute Gasteiger partial charge is 0.131 e. The molecule has 0 saturated carbocycles. The molecule has 0 aliphatic carbocycles. The first-order valence-corrected chi connectivity index (χ1v) is 5.75. The van der Waals surface area contributed by atoms with Crippen LogP contribution in [-0.4, -0.2) is 0 Å². The van der Waals surface area contributed by atoms with E-state index in [1.165, 1.54) is 6.07 Å². The summed E-state index contributed by atoms with van der Waals surface area (Å²) in [6.07, 6.45) is 0. The van der Waals surface area contributed by atoms with Crippen molar-refractivity contribution in [2.45, 2.75) is 6.54 Å². The molecule has 0 saturated heterocycles. The summed E-state index contributed by atoms with van der Waals surface area (Å²) in [7, 11) is 0. The van der Waals surface area contributed by atoms with Crippen LogP contribution in [0.4, 0.5) is 4.39 Å². The molecule has 0 aliphatic heterocycles. The number of halogens is 2. The van der Waals surface area contributed by atoms with Crippen molar-refractivity contribution in [2.75, 3.05) is 0 Å². The van der Waals surface area contributed by atoms with Gasteiger partial charge in [-0.2, -0.15) is 0 Å². The van der Waals surface area contributed by atoms with Gasteiger partial charge >= 0.3 is 0 Å². The lowest BCUT2D eigenvalue weighted by atomic mass is 10.0. The van der Waals surface area contributed by atoms with E-state index in [1.54, 1.807) is 12.1 Å². The Morgan fingerprint density at radius 2 is 1.81 bits per heavy atom. The number of rotatable bonds is 2. The summed E-state index contributed by atoms with van der Waals surface area (Å²) in [5.41, 5.74) is 7.99. The van der Waals surface area contributed by atoms with Crippen molar-refractivity contribution in [1.29, 1.82) is 0 Å². The van der Waals surface area contributed by atoms with Crippen LogP contribution in [0.25, 0.3) is 11.1 Å². The van der Waals surface area contributed by atoms with E-state index >= 15 is 0 Å². The monoisotopic (exact) mass is 279 g/mol. The van der Waals surface area contributed by atoms with Gasteiger partial charge in [-0.15, -0.1) is 0 Å². The van der Waals surface area contributed by atoms with Crippen LogP contribution in [0, 0.1) is 5.82 Å². The third-order valence-electron chi connectivity index (χ3n) is 2.43. The molecule has 1 nitrogen and oxygen atoms in total. The molecule has 0 aromatic heterocycles. The van der Waals surface area contributed by atoms with Gasteiger partial charge in [0.05, 0.1) is 0 Å². The summed E-state index contributed by atoms with van der Waals surface area (Å²) in [5, 5.41) is 0. The minimum absolute atomic E-state index is 0.225. The normalized spacial score (nSPS) is 10.4. The maximum Gasteiger partial charge on any atom is 0.131 e. The molecule has 82 valence electrons. The minimum atomic E-state index is -0.225. The van der Waals surface area contributed by atoms with Gasteiger partial charge in [0.1, 0.15) is 5.82 Å². The van der Waals surface area contributed by atoms with Gasteiger partial charge in [-0.1, -0.05) is 40.2 Å². The standard InChI is InChI=1S/C13H11BrFN/c14-12-6-5-9(8-16)7-11(12)10-3-1-2-4-13(10)15/h1-7H,8,16H2.